The molecule has 0 radical (unpaired) electrons. The minimum Gasteiger partial charge on any atom is -0.483 e. The molecule has 4 rings (SSSR count). The van der Waals surface area contributed by atoms with Crippen LogP contribution < -0.4 is 10.1 Å². The van der Waals surface area contributed by atoms with E-state index in [-0.39, 0.29) is 24.2 Å². The lowest BCUT2D eigenvalue weighted by atomic mass is 10.1. The smallest absolute Gasteiger partial charge is 0.273 e. The number of hydrogen-bond acceptors (Lipinski definition) is 6. The summed E-state index contributed by atoms with van der Waals surface area (Å²) in [4.78, 5) is 25.1. The van der Waals surface area contributed by atoms with Gasteiger partial charge in [-0.1, -0.05) is 18.2 Å². The molecule has 0 aliphatic carbocycles. The summed E-state index contributed by atoms with van der Waals surface area (Å²) in [5, 5.41) is 4.80. The van der Waals surface area contributed by atoms with Gasteiger partial charge in [0.2, 0.25) is 5.89 Å². The third-order valence-corrected chi connectivity index (χ3v) is 4.50. The Hall–Kier alpha value is -3.74. The van der Waals surface area contributed by atoms with Crippen molar-refractivity contribution in [2.24, 2.45) is 0 Å². The Labute approximate surface area is 167 Å². The van der Waals surface area contributed by atoms with E-state index < -0.39 is 0 Å². The molecular weight excluding hydrogens is 368 g/mol. The van der Waals surface area contributed by atoms with E-state index in [9.17, 15) is 4.79 Å². The molecule has 7 heteroatoms. The van der Waals surface area contributed by atoms with Crippen LogP contribution in [-0.2, 0) is 6.61 Å². The Balaban J connectivity index is 1.40. The zero-order valence-electron chi connectivity index (χ0n) is 16.1. The molecule has 0 fully saturated rings. The van der Waals surface area contributed by atoms with Gasteiger partial charge in [-0.25, -0.2) is 4.98 Å². The number of oxazole rings is 1. The Bertz CT molecular complexity index is 1130. The zero-order chi connectivity index (χ0) is 20.2. The van der Waals surface area contributed by atoms with Crippen LogP contribution >= 0.6 is 0 Å². The van der Waals surface area contributed by atoms with Crippen LogP contribution in [0.3, 0.4) is 0 Å². The van der Waals surface area contributed by atoms with Gasteiger partial charge in [0.15, 0.2) is 12.3 Å². The largest absolute Gasteiger partial charge is 0.483 e. The van der Waals surface area contributed by atoms with Crippen LogP contribution in [0, 0.1) is 6.92 Å². The number of pyridine rings is 2. The van der Waals surface area contributed by atoms with Crippen LogP contribution in [0.4, 0.5) is 0 Å². The molecule has 7 nitrogen and oxygen atoms in total. The zero-order valence-corrected chi connectivity index (χ0v) is 16.1. The highest BCUT2D eigenvalue weighted by Gasteiger charge is 2.16. The van der Waals surface area contributed by atoms with Crippen molar-refractivity contribution >= 4 is 16.7 Å². The number of fused-ring (bicyclic) bond motifs is 1. The molecule has 0 bridgehead atoms. The first-order valence-corrected chi connectivity index (χ1v) is 9.23. The van der Waals surface area contributed by atoms with Crippen LogP contribution in [0.2, 0.25) is 0 Å². The molecular formula is C22H20N4O3. The Morgan fingerprint density at radius 3 is 2.93 bits per heavy atom. The molecule has 3 aromatic heterocycles. The van der Waals surface area contributed by atoms with Gasteiger partial charge in [-0.3, -0.25) is 14.8 Å². The van der Waals surface area contributed by atoms with Crippen LogP contribution in [0.1, 0.15) is 40.6 Å². The molecule has 0 spiro atoms. The van der Waals surface area contributed by atoms with Crippen LogP contribution in [-0.4, -0.2) is 20.9 Å². The third kappa shape index (κ3) is 4.24. The summed E-state index contributed by atoms with van der Waals surface area (Å²) in [6.07, 6.45) is 6.59. The van der Waals surface area contributed by atoms with E-state index in [4.69, 9.17) is 9.15 Å². The fourth-order valence-corrected chi connectivity index (χ4v) is 2.92. The molecule has 3 heterocycles. The minimum absolute atomic E-state index is 0.115. The molecule has 1 unspecified atom stereocenters. The average Bonchev–Trinajstić information content (AvgIpc) is 3.22. The van der Waals surface area contributed by atoms with Crippen molar-refractivity contribution < 1.29 is 13.9 Å². The topological polar surface area (TPSA) is 90.1 Å². The number of amides is 1. The fourth-order valence-electron chi connectivity index (χ4n) is 2.92. The molecule has 1 atom stereocenters. The second-order valence-electron chi connectivity index (χ2n) is 6.72. The highest BCUT2D eigenvalue weighted by Crippen LogP contribution is 2.25. The number of carbonyl (C=O) groups is 1. The number of rotatable bonds is 6. The molecule has 1 aromatic carbocycles. The van der Waals surface area contributed by atoms with Gasteiger partial charge in [-0.15, -0.1) is 0 Å². The van der Waals surface area contributed by atoms with Gasteiger partial charge in [0.1, 0.15) is 12.0 Å². The van der Waals surface area contributed by atoms with E-state index in [0.717, 1.165) is 22.0 Å². The summed E-state index contributed by atoms with van der Waals surface area (Å²) in [7, 11) is 0. The first-order valence-electron chi connectivity index (χ1n) is 9.23. The van der Waals surface area contributed by atoms with Crippen molar-refractivity contribution in [3.8, 4) is 5.75 Å². The van der Waals surface area contributed by atoms with E-state index in [1.165, 1.54) is 6.26 Å². The van der Waals surface area contributed by atoms with Gasteiger partial charge in [0.05, 0.1) is 11.7 Å². The van der Waals surface area contributed by atoms with Gasteiger partial charge in [-0.05, 0) is 37.6 Å². The van der Waals surface area contributed by atoms with Crippen molar-refractivity contribution in [3.63, 3.8) is 0 Å². The van der Waals surface area contributed by atoms with Crippen molar-refractivity contribution in [2.45, 2.75) is 26.5 Å². The molecule has 0 saturated carbocycles. The molecule has 146 valence electrons. The first-order chi connectivity index (χ1) is 14.1. The number of benzene rings is 1. The maximum atomic E-state index is 12.4. The quantitative estimate of drug-likeness (QED) is 0.537. The monoisotopic (exact) mass is 388 g/mol. The van der Waals surface area contributed by atoms with Crippen LogP contribution in [0.25, 0.3) is 10.8 Å². The molecule has 0 saturated heterocycles. The van der Waals surface area contributed by atoms with Crippen molar-refractivity contribution in [3.05, 3.63) is 84.1 Å². The lowest BCUT2D eigenvalue weighted by molar-refractivity contribution is 0.0934. The third-order valence-electron chi connectivity index (χ3n) is 4.50. The highest BCUT2D eigenvalue weighted by molar-refractivity contribution is 5.92. The molecule has 1 N–H and O–H groups in total. The summed E-state index contributed by atoms with van der Waals surface area (Å²) < 4.78 is 11.2. The van der Waals surface area contributed by atoms with Crippen LogP contribution in [0.5, 0.6) is 5.75 Å². The van der Waals surface area contributed by atoms with E-state index >= 15 is 0 Å². The number of nitrogens with zero attached hydrogens (tertiary/aromatic N) is 3. The van der Waals surface area contributed by atoms with Crippen LogP contribution in [0.15, 0.2) is 65.7 Å². The van der Waals surface area contributed by atoms with E-state index in [0.29, 0.717) is 11.6 Å². The number of carbonyl (C=O) groups excluding carboxylic acids is 1. The van der Waals surface area contributed by atoms with Crippen molar-refractivity contribution in [2.75, 3.05) is 0 Å². The number of hydrogen-bond donors (Lipinski definition) is 1. The predicted molar refractivity (Wildman–Crippen MR) is 107 cm³/mol. The second kappa shape index (κ2) is 8.10. The fraction of sp³-hybridized carbons (Fsp3) is 0.182. The summed E-state index contributed by atoms with van der Waals surface area (Å²) in [5.74, 6) is 0.696. The molecule has 29 heavy (non-hydrogen) atoms. The Morgan fingerprint density at radius 1 is 1.21 bits per heavy atom. The van der Waals surface area contributed by atoms with E-state index in [1.54, 1.807) is 18.6 Å². The molecule has 0 aliphatic rings. The summed E-state index contributed by atoms with van der Waals surface area (Å²) in [5.41, 5.74) is 2.04. The lowest BCUT2D eigenvalue weighted by Gasteiger charge is -2.12. The first kappa shape index (κ1) is 18.6. The van der Waals surface area contributed by atoms with E-state index in [1.807, 2.05) is 50.2 Å². The maximum absolute atomic E-state index is 12.4. The highest BCUT2D eigenvalue weighted by atomic mass is 16.5. The molecule has 1 amide bonds. The normalized spacial score (nSPS) is 11.9. The second-order valence-corrected chi connectivity index (χ2v) is 6.72. The number of aromatic nitrogens is 3. The van der Waals surface area contributed by atoms with Crippen molar-refractivity contribution in [1.82, 2.24) is 20.3 Å². The minimum atomic E-state index is -0.328. The summed E-state index contributed by atoms with van der Waals surface area (Å²) >= 11 is 0. The summed E-state index contributed by atoms with van der Waals surface area (Å²) in [6.45, 7) is 3.95. The maximum Gasteiger partial charge on any atom is 0.273 e. The molecule has 4 aromatic rings. The van der Waals surface area contributed by atoms with Gasteiger partial charge < -0.3 is 14.5 Å². The SMILES string of the molecule is Cc1ccc(C(C)NC(=O)c2coc(COc3cccc4cnccc34)n2)nc1. The van der Waals surface area contributed by atoms with Gasteiger partial charge in [0.25, 0.3) is 5.91 Å². The standard InChI is InChI=1S/C22H20N4O3/c1-14-6-7-18(24-10-14)15(2)25-22(27)19-12-29-21(26-19)13-28-20-5-3-4-16-11-23-9-8-17(16)20/h3-12,15H,13H2,1-2H3,(H,25,27). The lowest BCUT2D eigenvalue weighted by Crippen LogP contribution is -2.27. The number of ether oxygens (including phenoxy) is 1. The molecule has 0 aliphatic heterocycles. The Kier molecular flexibility index (Phi) is 5.20. The summed E-state index contributed by atoms with van der Waals surface area (Å²) in [6, 6.07) is 11.2. The van der Waals surface area contributed by atoms with Gasteiger partial charge >= 0.3 is 0 Å². The Morgan fingerprint density at radius 2 is 2.10 bits per heavy atom. The van der Waals surface area contributed by atoms with Gasteiger partial charge in [-0.2, -0.15) is 0 Å². The number of aryl methyl sites for hydroxylation is 1. The predicted octanol–water partition coefficient (Wildman–Crippen LogP) is 4.00. The van der Waals surface area contributed by atoms with E-state index in [2.05, 4.69) is 20.3 Å². The van der Waals surface area contributed by atoms with Gasteiger partial charge in [0, 0.05) is 29.4 Å². The number of nitrogens with one attached hydrogen (secondary N) is 1. The van der Waals surface area contributed by atoms with Crippen molar-refractivity contribution in [1.29, 1.82) is 0 Å². The average molecular weight is 388 g/mol.